The predicted molar refractivity (Wildman–Crippen MR) is 87.5 cm³/mol. The molecule has 1 aliphatic rings. The minimum absolute atomic E-state index is 0.0964. The van der Waals surface area contributed by atoms with E-state index in [1.54, 1.807) is 18.0 Å². The third kappa shape index (κ3) is 4.85. The third-order valence-electron chi connectivity index (χ3n) is 3.46. The van der Waals surface area contributed by atoms with Gasteiger partial charge >= 0.3 is 5.97 Å². The Hall–Kier alpha value is -0.820. The third-order valence-corrected chi connectivity index (χ3v) is 5.65. The molecule has 0 atom stereocenters. The van der Waals surface area contributed by atoms with Crippen molar-refractivity contribution in [3.63, 3.8) is 0 Å². The Labute approximate surface area is 137 Å². The van der Waals surface area contributed by atoms with Crippen LogP contribution in [0.25, 0.3) is 0 Å². The van der Waals surface area contributed by atoms with Crippen molar-refractivity contribution in [3.05, 3.63) is 10.7 Å². The minimum Gasteiger partial charge on any atom is -0.469 e. The highest BCUT2D eigenvalue weighted by atomic mass is 79.9. The number of methoxy groups -OCH3 is 1. The van der Waals surface area contributed by atoms with Crippen molar-refractivity contribution in [1.82, 2.24) is 9.97 Å². The fraction of sp³-hybridized carbons (Fsp3) is 0.643. The van der Waals surface area contributed by atoms with Crippen LogP contribution in [0.4, 0.5) is 5.95 Å². The van der Waals surface area contributed by atoms with Gasteiger partial charge in [-0.1, -0.05) is 6.92 Å². The first-order chi connectivity index (χ1) is 10.1. The number of hydrogen-bond donors (Lipinski definition) is 1. The van der Waals surface area contributed by atoms with Gasteiger partial charge in [0.2, 0.25) is 5.95 Å². The van der Waals surface area contributed by atoms with Crippen molar-refractivity contribution >= 4 is 39.6 Å². The molecule has 1 aliphatic carbocycles. The normalized spacial score (nSPS) is 15.6. The molecule has 1 fully saturated rings. The number of halogens is 1. The largest absolute Gasteiger partial charge is 0.469 e. The van der Waals surface area contributed by atoms with Gasteiger partial charge in [0.05, 0.1) is 18.0 Å². The second-order valence-electron chi connectivity index (χ2n) is 5.32. The monoisotopic (exact) mass is 373 g/mol. The standard InChI is InChI=1S/C14H20BrN3O2S/c1-3-6-16-13-17-8-10(15)12(18-13)21-9-14(4-5-14)7-11(19)20-2/h8H,3-7,9H2,1-2H3,(H,16,17,18). The molecule has 5 nitrogen and oxygen atoms in total. The molecule has 0 spiro atoms. The first-order valence-electron chi connectivity index (χ1n) is 7.04. The number of rotatable bonds is 8. The number of carbonyl (C=O) groups is 1. The Morgan fingerprint density at radius 1 is 1.57 bits per heavy atom. The van der Waals surface area contributed by atoms with Crippen LogP contribution >= 0.6 is 27.7 Å². The molecule has 116 valence electrons. The number of carbonyl (C=O) groups excluding carboxylic acids is 1. The van der Waals surface area contributed by atoms with Crippen molar-refractivity contribution in [1.29, 1.82) is 0 Å². The first-order valence-corrected chi connectivity index (χ1v) is 8.82. The summed E-state index contributed by atoms with van der Waals surface area (Å²) in [7, 11) is 1.44. The Kier molecular flexibility index (Phi) is 5.87. The van der Waals surface area contributed by atoms with Gasteiger partial charge in [-0.3, -0.25) is 4.79 Å². The molecule has 0 aliphatic heterocycles. The maximum absolute atomic E-state index is 11.4. The van der Waals surface area contributed by atoms with Gasteiger partial charge in [0.25, 0.3) is 0 Å². The molecule has 0 saturated heterocycles. The first kappa shape index (κ1) is 16.5. The summed E-state index contributed by atoms with van der Waals surface area (Å²) in [6.45, 7) is 2.96. The van der Waals surface area contributed by atoms with Crippen molar-refractivity contribution in [2.75, 3.05) is 24.7 Å². The number of nitrogens with one attached hydrogen (secondary N) is 1. The zero-order chi connectivity index (χ0) is 15.3. The molecule has 0 radical (unpaired) electrons. The highest BCUT2D eigenvalue weighted by molar-refractivity contribution is 9.10. The molecule has 1 aromatic heterocycles. The van der Waals surface area contributed by atoms with Crippen molar-refractivity contribution in [3.8, 4) is 0 Å². The van der Waals surface area contributed by atoms with E-state index in [1.165, 1.54) is 7.11 Å². The van der Waals surface area contributed by atoms with Gasteiger partial charge in [0.1, 0.15) is 5.03 Å². The molecule has 2 rings (SSSR count). The lowest BCUT2D eigenvalue weighted by atomic mass is 10.1. The van der Waals surface area contributed by atoms with Crippen LogP contribution in [-0.2, 0) is 9.53 Å². The molecule has 1 heterocycles. The number of thioether (sulfide) groups is 1. The summed E-state index contributed by atoms with van der Waals surface area (Å²) in [6.07, 6.45) is 5.47. The number of hydrogen-bond acceptors (Lipinski definition) is 6. The molecular formula is C14H20BrN3O2S. The lowest BCUT2D eigenvalue weighted by Gasteiger charge is -2.13. The average molecular weight is 374 g/mol. The van der Waals surface area contributed by atoms with Crippen molar-refractivity contribution in [2.45, 2.75) is 37.6 Å². The summed E-state index contributed by atoms with van der Waals surface area (Å²) in [4.78, 5) is 20.2. The summed E-state index contributed by atoms with van der Waals surface area (Å²) in [5.41, 5.74) is 0.0964. The molecule has 0 amide bonds. The topological polar surface area (TPSA) is 64.1 Å². The van der Waals surface area contributed by atoms with Gasteiger partial charge in [-0.05, 0) is 40.6 Å². The van der Waals surface area contributed by atoms with Crippen molar-refractivity contribution < 1.29 is 9.53 Å². The molecule has 7 heteroatoms. The van der Waals surface area contributed by atoms with Crippen LogP contribution in [-0.4, -0.2) is 35.3 Å². The van der Waals surface area contributed by atoms with E-state index in [0.717, 1.165) is 41.1 Å². The lowest BCUT2D eigenvalue weighted by molar-refractivity contribution is -0.141. The van der Waals surface area contributed by atoms with E-state index in [1.807, 2.05) is 0 Å². The molecule has 1 aromatic rings. The minimum atomic E-state index is -0.125. The molecule has 1 saturated carbocycles. The highest BCUT2D eigenvalue weighted by Crippen LogP contribution is 2.52. The van der Waals surface area contributed by atoms with Crippen LogP contribution in [0.3, 0.4) is 0 Å². The van der Waals surface area contributed by atoms with Crippen molar-refractivity contribution in [2.24, 2.45) is 5.41 Å². The summed E-state index contributed by atoms with van der Waals surface area (Å²) in [5, 5.41) is 4.10. The second kappa shape index (κ2) is 7.45. The Morgan fingerprint density at radius 3 is 2.95 bits per heavy atom. The Bertz CT molecular complexity index is 509. The van der Waals surface area contributed by atoms with Gasteiger partial charge < -0.3 is 10.1 Å². The van der Waals surface area contributed by atoms with E-state index in [9.17, 15) is 4.79 Å². The van der Waals surface area contributed by atoms with E-state index in [-0.39, 0.29) is 11.4 Å². The van der Waals surface area contributed by atoms with Gasteiger partial charge in [-0.15, -0.1) is 11.8 Å². The predicted octanol–water partition coefficient (Wildman–Crippen LogP) is 3.50. The molecule has 0 bridgehead atoms. The zero-order valence-corrected chi connectivity index (χ0v) is 14.7. The fourth-order valence-corrected chi connectivity index (χ4v) is 3.63. The van der Waals surface area contributed by atoms with Crippen LogP contribution in [0.1, 0.15) is 32.6 Å². The van der Waals surface area contributed by atoms with E-state index in [4.69, 9.17) is 4.74 Å². The molecule has 1 N–H and O–H groups in total. The number of ether oxygens (including phenoxy) is 1. The zero-order valence-electron chi connectivity index (χ0n) is 12.3. The maximum Gasteiger partial charge on any atom is 0.306 e. The van der Waals surface area contributed by atoms with Crippen LogP contribution in [0.5, 0.6) is 0 Å². The molecular weight excluding hydrogens is 354 g/mol. The summed E-state index contributed by atoms with van der Waals surface area (Å²) in [5.74, 6) is 1.41. The summed E-state index contributed by atoms with van der Waals surface area (Å²) < 4.78 is 5.66. The van der Waals surface area contributed by atoms with Crippen LogP contribution in [0.15, 0.2) is 15.7 Å². The second-order valence-corrected chi connectivity index (χ2v) is 7.13. The average Bonchev–Trinajstić information content (AvgIpc) is 3.24. The Balaban J connectivity index is 1.94. The van der Waals surface area contributed by atoms with Crippen LogP contribution < -0.4 is 5.32 Å². The van der Waals surface area contributed by atoms with E-state index in [0.29, 0.717) is 12.4 Å². The Morgan fingerprint density at radius 2 is 2.33 bits per heavy atom. The van der Waals surface area contributed by atoms with E-state index >= 15 is 0 Å². The number of anilines is 1. The molecule has 21 heavy (non-hydrogen) atoms. The number of aromatic nitrogens is 2. The highest BCUT2D eigenvalue weighted by Gasteiger charge is 2.44. The maximum atomic E-state index is 11.4. The summed E-state index contributed by atoms with van der Waals surface area (Å²) >= 11 is 5.16. The van der Waals surface area contributed by atoms with Gasteiger partial charge in [-0.2, -0.15) is 0 Å². The number of nitrogens with zero attached hydrogens (tertiary/aromatic N) is 2. The SMILES string of the molecule is CCCNc1ncc(Br)c(SCC2(CC(=O)OC)CC2)n1. The molecule has 0 aromatic carbocycles. The number of esters is 1. The lowest BCUT2D eigenvalue weighted by Crippen LogP contribution is -2.13. The quantitative estimate of drug-likeness (QED) is 0.427. The van der Waals surface area contributed by atoms with Crippen LogP contribution in [0.2, 0.25) is 0 Å². The fourth-order valence-electron chi connectivity index (χ4n) is 1.92. The van der Waals surface area contributed by atoms with E-state index in [2.05, 4.69) is 38.1 Å². The molecule has 0 unspecified atom stereocenters. The smallest absolute Gasteiger partial charge is 0.306 e. The van der Waals surface area contributed by atoms with E-state index < -0.39 is 0 Å². The van der Waals surface area contributed by atoms with Gasteiger partial charge in [-0.25, -0.2) is 9.97 Å². The summed E-state index contributed by atoms with van der Waals surface area (Å²) in [6, 6.07) is 0. The van der Waals surface area contributed by atoms with Gasteiger partial charge in [0, 0.05) is 18.5 Å². The van der Waals surface area contributed by atoms with Crippen LogP contribution in [0, 0.1) is 5.41 Å². The van der Waals surface area contributed by atoms with Gasteiger partial charge in [0.15, 0.2) is 0 Å².